The highest BCUT2D eigenvalue weighted by molar-refractivity contribution is 6.24. The van der Waals surface area contributed by atoms with Gasteiger partial charge in [0.15, 0.2) is 11.4 Å². The third-order valence-corrected chi connectivity index (χ3v) is 8.97. The van der Waals surface area contributed by atoms with Gasteiger partial charge in [-0.3, -0.25) is 24.1 Å². The van der Waals surface area contributed by atoms with Crippen LogP contribution in [-0.2, 0) is 32.1 Å². The summed E-state index contributed by atoms with van der Waals surface area (Å²) in [6.07, 6.45) is -5.24. The molecule has 3 aliphatic rings. The first-order valence-electron chi connectivity index (χ1n) is 14.6. The lowest BCUT2D eigenvalue weighted by Crippen LogP contribution is -2.65. The summed E-state index contributed by atoms with van der Waals surface area (Å²) in [4.78, 5) is 52.4. The minimum atomic E-state index is -5.10. The minimum Gasteiger partial charge on any atom is -0.508 e. The van der Waals surface area contributed by atoms with Gasteiger partial charge in [0.25, 0.3) is 5.91 Å². The number of primary amides is 1. The summed E-state index contributed by atoms with van der Waals surface area (Å²) in [6, 6.07) is 6.09. The van der Waals surface area contributed by atoms with Crippen LogP contribution in [0.5, 0.6) is 11.5 Å². The topological polar surface area (TPSA) is 200 Å². The van der Waals surface area contributed by atoms with Gasteiger partial charge in [-0.15, -0.1) is 0 Å². The Morgan fingerprint density at radius 2 is 1.81 bits per heavy atom. The van der Waals surface area contributed by atoms with Crippen molar-refractivity contribution >= 4 is 29.1 Å². The van der Waals surface area contributed by atoms with E-state index in [1.165, 1.54) is 43.3 Å². The third-order valence-electron chi connectivity index (χ3n) is 8.97. The molecule has 5 rings (SSSR count). The molecule has 12 nitrogen and oxygen atoms in total. The van der Waals surface area contributed by atoms with Gasteiger partial charge in [-0.05, 0) is 74.7 Å². The van der Waals surface area contributed by atoms with Crippen molar-refractivity contribution in [2.75, 3.05) is 20.7 Å². The molecule has 2 amide bonds. The number of Topliss-reactive ketones (excluding diaryl/α,β-unsaturated/α-hetero) is 2. The monoisotopic (exact) mass is 659 g/mol. The number of rotatable bonds is 7. The van der Waals surface area contributed by atoms with Gasteiger partial charge < -0.3 is 36.2 Å². The molecule has 0 aliphatic heterocycles. The molecular weight excluding hydrogens is 627 g/mol. The number of hydrogen-bond donors (Lipinski definition) is 6. The van der Waals surface area contributed by atoms with E-state index in [0.29, 0.717) is 16.7 Å². The summed E-state index contributed by atoms with van der Waals surface area (Å²) in [5.41, 5.74) is 2.56. The van der Waals surface area contributed by atoms with Crippen LogP contribution >= 0.6 is 0 Å². The molecule has 1 fully saturated rings. The third kappa shape index (κ3) is 5.28. The zero-order valence-corrected chi connectivity index (χ0v) is 25.4. The Morgan fingerprint density at radius 3 is 2.40 bits per heavy atom. The van der Waals surface area contributed by atoms with E-state index in [2.05, 4.69) is 0 Å². The average molecular weight is 660 g/mol. The van der Waals surface area contributed by atoms with Crippen LogP contribution in [0.2, 0.25) is 0 Å². The summed E-state index contributed by atoms with van der Waals surface area (Å²) in [6.45, 7) is 1.33. The number of likely N-dealkylation sites (N-methyl/N-ethyl adjacent to an activating group) is 1. The Kier molecular flexibility index (Phi) is 8.35. The number of hydrogen-bond acceptors (Lipinski definition) is 10. The molecule has 0 aromatic heterocycles. The molecule has 1 saturated carbocycles. The summed E-state index contributed by atoms with van der Waals surface area (Å²) >= 11 is 0. The van der Waals surface area contributed by atoms with Gasteiger partial charge in [-0.1, -0.05) is 12.1 Å². The van der Waals surface area contributed by atoms with Gasteiger partial charge in [-0.25, -0.2) is 0 Å². The number of ketones is 2. The molecule has 3 unspecified atom stereocenters. The Hall–Kier alpha value is -4.89. The number of aromatic hydroxyl groups is 1. The lowest BCUT2D eigenvalue weighted by molar-refractivity contribution is -0.173. The Balaban J connectivity index is 1.64. The van der Waals surface area contributed by atoms with E-state index in [9.17, 15) is 52.8 Å². The molecule has 2 aromatic rings. The predicted molar refractivity (Wildman–Crippen MR) is 159 cm³/mol. The molecule has 47 heavy (non-hydrogen) atoms. The summed E-state index contributed by atoms with van der Waals surface area (Å²) in [5, 5.41) is 46.9. The quantitative estimate of drug-likeness (QED) is 0.240. The maximum Gasteiger partial charge on any atom is 0.471 e. The molecule has 0 spiro atoms. The number of ether oxygens (including phenoxy) is 1. The van der Waals surface area contributed by atoms with Crippen LogP contribution in [0, 0.1) is 11.8 Å². The fraction of sp³-hybridized carbons (Fsp3) is 0.375. The number of alkyl halides is 3. The van der Waals surface area contributed by atoms with Crippen LogP contribution < -0.4 is 15.8 Å². The number of aliphatic hydroxyl groups is 3. The zero-order valence-electron chi connectivity index (χ0n) is 25.4. The standard InChI is InChI=1S/C32H32F3N3O9/c1-4-47-20-8-5-13(9-15(20)12-37-30(45)32(33,34)35)16-6-7-19(39)22-17(16)10-14-11-18-24(38(2)3)26(41)23(29(36)44)28(43)31(18,46)27(42)21(14)25(22)40/h5-9,14,18,24,39-40,43,46H,4,10-12H2,1-3H3,(H2,36,44)(H,37,45)/t14?,18?,24?,31-/m0/s1. The largest absolute Gasteiger partial charge is 0.508 e. The molecule has 15 heteroatoms. The molecule has 2 aromatic carbocycles. The fourth-order valence-electron chi connectivity index (χ4n) is 6.97. The summed E-state index contributed by atoms with van der Waals surface area (Å²) < 4.78 is 44.2. The first kappa shape index (κ1) is 33.5. The lowest BCUT2D eigenvalue weighted by atomic mass is 9.57. The number of fused-ring (bicyclic) bond motifs is 3. The number of benzene rings is 2. The van der Waals surface area contributed by atoms with Gasteiger partial charge in [0.1, 0.15) is 28.6 Å². The van der Waals surface area contributed by atoms with Crippen LogP contribution in [0.1, 0.15) is 30.0 Å². The van der Waals surface area contributed by atoms with Crippen LogP contribution in [0.25, 0.3) is 16.9 Å². The first-order valence-corrected chi connectivity index (χ1v) is 14.6. The van der Waals surface area contributed by atoms with E-state index in [1.807, 2.05) is 5.32 Å². The fourth-order valence-corrected chi connectivity index (χ4v) is 6.97. The molecule has 0 radical (unpaired) electrons. The van der Waals surface area contributed by atoms with Gasteiger partial charge in [-0.2, -0.15) is 13.2 Å². The van der Waals surface area contributed by atoms with Crippen LogP contribution in [0.15, 0.2) is 47.2 Å². The highest BCUT2D eigenvalue weighted by Gasteiger charge is 2.64. The van der Waals surface area contributed by atoms with Crippen molar-refractivity contribution in [2.24, 2.45) is 17.6 Å². The highest BCUT2D eigenvalue weighted by Crippen LogP contribution is 2.53. The molecule has 7 N–H and O–H groups in total. The molecule has 3 aliphatic carbocycles. The summed E-state index contributed by atoms with van der Waals surface area (Å²) in [7, 11) is 2.98. The number of phenolic OH excluding ortho intramolecular Hbond substituents is 1. The van der Waals surface area contributed by atoms with Crippen molar-refractivity contribution in [2.45, 2.75) is 44.1 Å². The Labute approximate surface area is 265 Å². The normalized spacial score (nSPS) is 24.1. The Bertz CT molecular complexity index is 1780. The SMILES string of the molecule is CCOc1ccc(-c2ccc(O)c3c2CC2CC4C(N(C)C)C(=O)C(C(N)=O)=C(O)[C@@]4(O)C(=O)C2=C3O)cc1CNC(=O)C(F)(F)F. The second kappa shape index (κ2) is 11.7. The number of nitrogens with one attached hydrogen (secondary N) is 1. The van der Waals surface area contributed by atoms with Gasteiger partial charge in [0, 0.05) is 23.6 Å². The van der Waals surface area contributed by atoms with Crippen molar-refractivity contribution < 1.29 is 57.5 Å². The number of phenols is 1. The van der Waals surface area contributed by atoms with Gasteiger partial charge in [0.05, 0.1) is 18.2 Å². The van der Waals surface area contributed by atoms with Crippen molar-refractivity contribution in [3.05, 3.63) is 63.9 Å². The Morgan fingerprint density at radius 1 is 1.13 bits per heavy atom. The first-order chi connectivity index (χ1) is 21.9. The molecule has 0 saturated heterocycles. The maximum absolute atomic E-state index is 14.0. The second-order valence-corrected chi connectivity index (χ2v) is 11.9. The van der Waals surface area contributed by atoms with Crippen molar-refractivity contribution in [3.8, 4) is 22.6 Å². The highest BCUT2D eigenvalue weighted by atomic mass is 19.4. The average Bonchev–Trinajstić information content (AvgIpc) is 2.97. The van der Waals surface area contributed by atoms with Crippen LogP contribution in [0.4, 0.5) is 13.2 Å². The van der Waals surface area contributed by atoms with Crippen LogP contribution in [0.3, 0.4) is 0 Å². The number of nitrogens with two attached hydrogens (primary N) is 1. The van der Waals surface area contributed by atoms with Crippen molar-refractivity contribution in [3.63, 3.8) is 0 Å². The number of carbonyl (C=O) groups is 4. The van der Waals surface area contributed by atoms with E-state index in [-0.39, 0.29) is 41.9 Å². The molecule has 0 bridgehead atoms. The van der Waals surface area contributed by atoms with Crippen LogP contribution in [-0.4, -0.2) is 87.2 Å². The molecule has 250 valence electrons. The van der Waals surface area contributed by atoms with Gasteiger partial charge >= 0.3 is 12.1 Å². The minimum absolute atomic E-state index is 0.00831. The van der Waals surface area contributed by atoms with E-state index < -0.39 is 82.4 Å². The van der Waals surface area contributed by atoms with E-state index in [0.717, 1.165) is 0 Å². The van der Waals surface area contributed by atoms with E-state index in [4.69, 9.17) is 10.5 Å². The number of aliphatic hydroxyl groups excluding tert-OH is 2. The number of amides is 2. The molecule has 0 heterocycles. The molecule has 4 atom stereocenters. The summed E-state index contributed by atoms with van der Waals surface area (Å²) in [5.74, 6) is -9.74. The van der Waals surface area contributed by atoms with Gasteiger partial charge in [0.2, 0.25) is 5.78 Å². The number of halogens is 3. The number of carbonyl (C=O) groups excluding carboxylic acids is 4. The van der Waals surface area contributed by atoms with Crippen molar-refractivity contribution in [1.29, 1.82) is 0 Å². The predicted octanol–water partition coefficient (Wildman–Crippen LogP) is 2.21. The van der Waals surface area contributed by atoms with E-state index >= 15 is 0 Å². The number of nitrogens with zero attached hydrogens (tertiary/aromatic N) is 1. The zero-order chi connectivity index (χ0) is 34.7. The van der Waals surface area contributed by atoms with E-state index in [1.54, 1.807) is 13.0 Å². The second-order valence-electron chi connectivity index (χ2n) is 11.9. The maximum atomic E-state index is 14.0. The smallest absolute Gasteiger partial charge is 0.471 e. The lowest BCUT2D eigenvalue weighted by Gasteiger charge is -2.50. The van der Waals surface area contributed by atoms with Crippen molar-refractivity contribution in [1.82, 2.24) is 10.2 Å². The molecular formula is C32H32F3N3O9.